The van der Waals surface area contributed by atoms with Gasteiger partial charge in [-0.1, -0.05) is 6.07 Å². The lowest BCUT2D eigenvalue weighted by Crippen LogP contribution is -2.17. The molecule has 0 atom stereocenters. The van der Waals surface area contributed by atoms with Crippen LogP contribution in [-0.4, -0.2) is 18.1 Å². The fourth-order valence-electron chi connectivity index (χ4n) is 2.26. The molecule has 1 aliphatic rings. The molecule has 0 radical (unpaired) electrons. The van der Waals surface area contributed by atoms with Gasteiger partial charge in [-0.15, -0.1) is 0 Å². The highest BCUT2D eigenvalue weighted by Crippen LogP contribution is 2.27. The molecule has 2 aromatic rings. The Kier molecular flexibility index (Phi) is 3.13. The average molecular weight is 240 g/mol. The maximum Gasteiger partial charge on any atom is 0.145 e. The molecule has 1 aliphatic heterocycles. The smallest absolute Gasteiger partial charge is 0.145 e. The fourth-order valence-corrected chi connectivity index (χ4v) is 2.26. The minimum absolute atomic E-state index is 0.774. The molecule has 0 bridgehead atoms. The predicted octanol–water partition coefficient (Wildman–Crippen LogP) is 3.47. The van der Waals surface area contributed by atoms with Crippen molar-refractivity contribution in [1.29, 1.82) is 0 Å². The summed E-state index contributed by atoms with van der Waals surface area (Å²) in [7, 11) is 0. The van der Waals surface area contributed by atoms with E-state index in [2.05, 4.69) is 22.0 Å². The van der Waals surface area contributed by atoms with Crippen molar-refractivity contribution >= 4 is 5.69 Å². The van der Waals surface area contributed by atoms with E-state index < -0.39 is 0 Å². The van der Waals surface area contributed by atoms with Gasteiger partial charge in [-0.3, -0.25) is 4.98 Å². The van der Waals surface area contributed by atoms with Crippen molar-refractivity contribution in [1.82, 2.24) is 4.98 Å². The number of aromatic nitrogens is 1. The van der Waals surface area contributed by atoms with Gasteiger partial charge in [0, 0.05) is 31.0 Å². The molecule has 0 aliphatic carbocycles. The zero-order valence-electron chi connectivity index (χ0n) is 10.2. The number of benzene rings is 1. The highest BCUT2D eigenvalue weighted by atomic mass is 16.5. The van der Waals surface area contributed by atoms with Crippen molar-refractivity contribution in [2.24, 2.45) is 0 Å². The van der Waals surface area contributed by atoms with Crippen LogP contribution in [0.15, 0.2) is 48.8 Å². The van der Waals surface area contributed by atoms with Crippen LogP contribution in [-0.2, 0) is 0 Å². The Hall–Kier alpha value is -2.03. The molecule has 18 heavy (non-hydrogen) atoms. The quantitative estimate of drug-likeness (QED) is 0.821. The van der Waals surface area contributed by atoms with Gasteiger partial charge in [0.05, 0.1) is 6.20 Å². The van der Waals surface area contributed by atoms with Gasteiger partial charge in [-0.05, 0) is 37.1 Å². The Morgan fingerprint density at radius 2 is 1.83 bits per heavy atom. The van der Waals surface area contributed by atoms with E-state index in [4.69, 9.17) is 4.74 Å². The lowest BCUT2D eigenvalue weighted by Gasteiger charge is -2.18. The van der Waals surface area contributed by atoms with Crippen LogP contribution in [0.3, 0.4) is 0 Å². The topological polar surface area (TPSA) is 25.4 Å². The number of rotatable bonds is 3. The SMILES string of the molecule is c1cncc(Oc2cccc(N3CCCC3)c2)c1. The third-order valence-electron chi connectivity index (χ3n) is 3.16. The van der Waals surface area contributed by atoms with Gasteiger partial charge in [-0.25, -0.2) is 0 Å². The molecule has 3 nitrogen and oxygen atoms in total. The van der Waals surface area contributed by atoms with Gasteiger partial charge >= 0.3 is 0 Å². The molecular formula is C15H16N2O. The van der Waals surface area contributed by atoms with Crippen molar-refractivity contribution in [3.8, 4) is 11.5 Å². The summed E-state index contributed by atoms with van der Waals surface area (Å²) in [4.78, 5) is 6.44. The Morgan fingerprint density at radius 1 is 1.00 bits per heavy atom. The number of ether oxygens (including phenoxy) is 1. The molecule has 0 spiro atoms. The van der Waals surface area contributed by atoms with Crippen LogP contribution in [0.1, 0.15) is 12.8 Å². The molecule has 0 unspecified atom stereocenters. The molecule has 0 saturated carbocycles. The standard InChI is InChI=1S/C15H16N2O/c1-2-10-17(9-1)13-5-3-6-14(11-13)18-15-7-4-8-16-12-15/h3-8,11-12H,1-2,9-10H2. The number of hydrogen-bond donors (Lipinski definition) is 0. The Balaban J connectivity index is 1.78. The summed E-state index contributed by atoms with van der Waals surface area (Å²) < 4.78 is 5.79. The van der Waals surface area contributed by atoms with Crippen molar-refractivity contribution in [3.05, 3.63) is 48.8 Å². The van der Waals surface area contributed by atoms with Gasteiger partial charge in [0.15, 0.2) is 0 Å². The zero-order chi connectivity index (χ0) is 12.2. The average Bonchev–Trinajstić information content (AvgIpc) is 2.94. The third kappa shape index (κ3) is 2.45. The minimum Gasteiger partial charge on any atom is -0.456 e. The molecule has 0 amide bonds. The molecule has 1 aromatic carbocycles. The first kappa shape index (κ1) is 11.1. The largest absolute Gasteiger partial charge is 0.456 e. The van der Waals surface area contributed by atoms with E-state index in [1.54, 1.807) is 12.4 Å². The Morgan fingerprint density at radius 3 is 2.61 bits per heavy atom. The van der Waals surface area contributed by atoms with Crippen molar-refractivity contribution in [3.63, 3.8) is 0 Å². The van der Waals surface area contributed by atoms with E-state index in [9.17, 15) is 0 Å². The highest BCUT2D eigenvalue weighted by molar-refractivity contribution is 5.52. The summed E-state index contributed by atoms with van der Waals surface area (Å²) in [6, 6.07) is 12.0. The molecule has 3 heteroatoms. The van der Waals surface area contributed by atoms with Crippen LogP contribution < -0.4 is 9.64 Å². The van der Waals surface area contributed by atoms with Gasteiger partial charge in [-0.2, -0.15) is 0 Å². The molecule has 1 aromatic heterocycles. The Bertz CT molecular complexity index is 507. The van der Waals surface area contributed by atoms with Crippen LogP contribution in [0.5, 0.6) is 11.5 Å². The molecule has 0 N–H and O–H groups in total. The lowest BCUT2D eigenvalue weighted by molar-refractivity contribution is 0.480. The first-order chi connectivity index (χ1) is 8.92. The highest BCUT2D eigenvalue weighted by Gasteiger charge is 2.12. The van der Waals surface area contributed by atoms with Crippen LogP contribution in [0, 0.1) is 0 Å². The minimum atomic E-state index is 0.774. The normalized spacial score (nSPS) is 14.8. The van der Waals surface area contributed by atoms with E-state index in [1.165, 1.54) is 18.5 Å². The molecule has 3 rings (SSSR count). The summed E-state index contributed by atoms with van der Waals surface area (Å²) in [5, 5.41) is 0. The molecular weight excluding hydrogens is 224 g/mol. The maximum absolute atomic E-state index is 5.79. The van der Waals surface area contributed by atoms with E-state index >= 15 is 0 Å². The summed E-state index contributed by atoms with van der Waals surface area (Å²) >= 11 is 0. The van der Waals surface area contributed by atoms with E-state index in [-0.39, 0.29) is 0 Å². The first-order valence-corrected chi connectivity index (χ1v) is 6.35. The summed E-state index contributed by atoms with van der Waals surface area (Å²) in [6.07, 6.45) is 6.04. The van der Waals surface area contributed by atoms with Gasteiger partial charge in [0.2, 0.25) is 0 Å². The van der Waals surface area contributed by atoms with Gasteiger partial charge < -0.3 is 9.64 Å². The number of hydrogen-bond acceptors (Lipinski definition) is 3. The second-order valence-corrected chi connectivity index (χ2v) is 4.48. The van der Waals surface area contributed by atoms with Crippen LogP contribution in [0.2, 0.25) is 0 Å². The van der Waals surface area contributed by atoms with Crippen molar-refractivity contribution < 1.29 is 4.74 Å². The molecule has 92 valence electrons. The molecule has 2 heterocycles. The van der Waals surface area contributed by atoms with Crippen LogP contribution in [0.4, 0.5) is 5.69 Å². The maximum atomic E-state index is 5.79. The first-order valence-electron chi connectivity index (χ1n) is 6.35. The fraction of sp³-hybridized carbons (Fsp3) is 0.267. The number of nitrogens with zero attached hydrogens (tertiary/aromatic N) is 2. The summed E-state index contributed by atoms with van der Waals surface area (Å²) in [6.45, 7) is 2.30. The predicted molar refractivity (Wildman–Crippen MR) is 72.2 cm³/mol. The molecule has 1 saturated heterocycles. The monoisotopic (exact) mass is 240 g/mol. The number of pyridine rings is 1. The van der Waals surface area contributed by atoms with Gasteiger partial charge in [0.25, 0.3) is 0 Å². The van der Waals surface area contributed by atoms with E-state index in [0.717, 1.165) is 24.6 Å². The second-order valence-electron chi connectivity index (χ2n) is 4.48. The van der Waals surface area contributed by atoms with E-state index in [0.29, 0.717) is 0 Å². The summed E-state index contributed by atoms with van der Waals surface area (Å²) in [5.41, 5.74) is 1.24. The van der Waals surface area contributed by atoms with Gasteiger partial charge in [0.1, 0.15) is 11.5 Å². The lowest BCUT2D eigenvalue weighted by atomic mass is 10.3. The van der Waals surface area contributed by atoms with E-state index in [1.807, 2.05) is 24.3 Å². The van der Waals surface area contributed by atoms with Crippen molar-refractivity contribution in [2.75, 3.05) is 18.0 Å². The zero-order valence-corrected chi connectivity index (χ0v) is 10.2. The second kappa shape index (κ2) is 5.08. The summed E-state index contributed by atoms with van der Waals surface area (Å²) in [5.74, 6) is 1.64. The number of anilines is 1. The third-order valence-corrected chi connectivity index (χ3v) is 3.16. The van der Waals surface area contributed by atoms with Crippen LogP contribution in [0.25, 0.3) is 0 Å². The van der Waals surface area contributed by atoms with Crippen molar-refractivity contribution in [2.45, 2.75) is 12.8 Å². The Labute approximate surface area is 107 Å². The van der Waals surface area contributed by atoms with Crippen LogP contribution >= 0.6 is 0 Å². The molecule has 1 fully saturated rings.